The molecule has 0 aliphatic rings. The second-order valence-corrected chi connectivity index (χ2v) is 6.72. The lowest BCUT2D eigenvalue weighted by Crippen LogP contribution is -2.46. The Labute approximate surface area is 163 Å². The molecule has 3 rings (SSSR count). The van der Waals surface area contributed by atoms with Crippen molar-refractivity contribution in [2.24, 2.45) is 7.05 Å². The van der Waals surface area contributed by atoms with Gasteiger partial charge in [0.05, 0.1) is 18.5 Å². The molecule has 0 saturated heterocycles. The summed E-state index contributed by atoms with van der Waals surface area (Å²) >= 11 is 0. The molecule has 0 bridgehead atoms. The Morgan fingerprint density at radius 2 is 1.79 bits per heavy atom. The predicted octanol–water partition coefficient (Wildman–Crippen LogP) is 2.05. The zero-order valence-corrected chi connectivity index (χ0v) is 15.8. The molecule has 1 heterocycles. The van der Waals surface area contributed by atoms with Gasteiger partial charge < -0.3 is 14.9 Å². The summed E-state index contributed by atoms with van der Waals surface area (Å²) in [6.07, 6.45) is 0.0433. The Morgan fingerprint density at radius 1 is 1.14 bits per heavy atom. The average molecular weight is 381 g/mol. The van der Waals surface area contributed by atoms with Crippen molar-refractivity contribution in [2.75, 3.05) is 6.61 Å². The number of Topliss-reactive ketones (excluding diaryl/α,β-unsaturated/α-hetero) is 1. The number of aliphatic hydroxyl groups is 2. The fraction of sp³-hybridized carbons (Fsp3) is 0.286. The van der Waals surface area contributed by atoms with Crippen LogP contribution >= 0.6 is 0 Å². The van der Waals surface area contributed by atoms with Gasteiger partial charge in [0, 0.05) is 7.05 Å². The van der Waals surface area contributed by atoms with E-state index in [1.807, 2.05) is 54.6 Å². The van der Waals surface area contributed by atoms with Gasteiger partial charge in [0.15, 0.2) is 11.4 Å². The molecule has 0 radical (unpaired) electrons. The SMILES string of the molecule is Cn1nncc1[C@H](O)[C@](C)(OCc1ccc(-c2ccccc2)cc1)C(=O)CO. The number of rotatable bonds is 8. The molecular weight excluding hydrogens is 358 g/mol. The maximum absolute atomic E-state index is 12.4. The third-order valence-electron chi connectivity index (χ3n) is 4.85. The minimum atomic E-state index is -1.64. The molecule has 7 heteroatoms. The first kappa shape index (κ1) is 19.9. The zero-order chi connectivity index (χ0) is 20.1. The summed E-state index contributed by atoms with van der Waals surface area (Å²) in [6.45, 7) is 0.812. The van der Waals surface area contributed by atoms with Crippen molar-refractivity contribution >= 4 is 5.78 Å². The second kappa shape index (κ2) is 8.43. The van der Waals surface area contributed by atoms with Crippen LogP contribution in [0.15, 0.2) is 60.8 Å². The molecule has 0 aliphatic carbocycles. The number of ketones is 1. The van der Waals surface area contributed by atoms with Crippen LogP contribution in [-0.4, -0.2) is 43.2 Å². The number of aromatic nitrogens is 3. The number of benzene rings is 2. The first-order valence-electron chi connectivity index (χ1n) is 8.91. The van der Waals surface area contributed by atoms with E-state index in [9.17, 15) is 15.0 Å². The Hall–Kier alpha value is -2.87. The third-order valence-corrected chi connectivity index (χ3v) is 4.85. The molecule has 2 atom stereocenters. The van der Waals surface area contributed by atoms with Crippen LogP contribution in [-0.2, 0) is 23.2 Å². The molecule has 2 N–H and O–H groups in total. The van der Waals surface area contributed by atoms with Crippen molar-refractivity contribution in [1.29, 1.82) is 0 Å². The molecule has 2 aromatic carbocycles. The number of hydrogen-bond acceptors (Lipinski definition) is 6. The van der Waals surface area contributed by atoms with Gasteiger partial charge in [-0.05, 0) is 23.6 Å². The standard InChI is InChI=1S/C21H23N3O4/c1-21(19(26)13-25,20(27)18-12-22-23-24(18)2)28-14-15-8-10-17(11-9-15)16-6-4-3-5-7-16/h3-12,20,25,27H,13-14H2,1-2H3/t20-,21+/m0/s1. The summed E-state index contributed by atoms with van der Waals surface area (Å²) in [6, 6.07) is 17.7. The summed E-state index contributed by atoms with van der Waals surface area (Å²) in [5.41, 5.74) is 1.70. The van der Waals surface area contributed by atoms with Crippen LogP contribution in [0.2, 0.25) is 0 Å². The summed E-state index contributed by atoms with van der Waals surface area (Å²) in [7, 11) is 1.61. The van der Waals surface area contributed by atoms with Crippen LogP contribution in [0.25, 0.3) is 11.1 Å². The zero-order valence-electron chi connectivity index (χ0n) is 15.8. The van der Waals surface area contributed by atoms with Crippen LogP contribution in [0.3, 0.4) is 0 Å². The van der Waals surface area contributed by atoms with Gasteiger partial charge >= 0.3 is 0 Å². The first-order chi connectivity index (χ1) is 13.5. The highest BCUT2D eigenvalue weighted by Crippen LogP contribution is 2.31. The molecule has 28 heavy (non-hydrogen) atoms. The van der Waals surface area contributed by atoms with Gasteiger partial charge in [-0.25, -0.2) is 4.68 Å². The number of aliphatic hydroxyl groups excluding tert-OH is 2. The predicted molar refractivity (Wildman–Crippen MR) is 103 cm³/mol. The van der Waals surface area contributed by atoms with Gasteiger partial charge in [0.1, 0.15) is 12.7 Å². The summed E-state index contributed by atoms with van der Waals surface area (Å²) < 4.78 is 7.19. The van der Waals surface area contributed by atoms with Crippen LogP contribution in [0.1, 0.15) is 24.3 Å². The minimum absolute atomic E-state index is 0.0969. The van der Waals surface area contributed by atoms with E-state index in [0.29, 0.717) is 5.69 Å². The van der Waals surface area contributed by atoms with Crippen molar-refractivity contribution in [1.82, 2.24) is 15.0 Å². The molecule has 0 unspecified atom stereocenters. The highest BCUT2D eigenvalue weighted by Gasteiger charge is 2.43. The van der Waals surface area contributed by atoms with E-state index in [0.717, 1.165) is 16.7 Å². The van der Waals surface area contributed by atoms with Crippen molar-refractivity contribution in [3.63, 3.8) is 0 Å². The number of ether oxygens (including phenoxy) is 1. The Morgan fingerprint density at radius 3 is 2.36 bits per heavy atom. The average Bonchev–Trinajstić information content (AvgIpc) is 3.17. The van der Waals surface area contributed by atoms with E-state index in [-0.39, 0.29) is 6.61 Å². The van der Waals surface area contributed by atoms with Crippen LogP contribution in [0.5, 0.6) is 0 Å². The lowest BCUT2D eigenvalue weighted by Gasteiger charge is -2.32. The van der Waals surface area contributed by atoms with E-state index < -0.39 is 24.1 Å². The van der Waals surface area contributed by atoms with Gasteiger partial charge in [-0.3, -0.25) is 4.79 Å². The van der Waals surface area contributed by atoms with E-state index in [4.69, 9.17) is 4.74 Å². The van der Waals surface area contributed by atoms with E-state index in [2.05, 4.69) is 10.3 Å². The fourth-order valence-corrected chi connectivity index (χ4v) is 2.95. The maximum Gasteiger partial charge on any atom is 0.192 e. The molecule has 0 amide bonds. The van der Waals surface area contributed by atoms with Crippen molar-refractivity contribution < 1.29 is 19.7 Å². The van der Waals surface area contributed by atoms with Gasteiger partial charge in [-0.2, -0.15) is 0 Å². The van der Waals surface area contributed by atoms with Gasteiger partial charge in [0.25, 0.3) is 0 Å². The van der Waals surface area contributed by atoms with E-state index in [1.54, 1.807) is 7.05 Å². The topological polar surface area (TPSA) is 97.5 Å². The Bertz CT molecular complexity index is 924. The van der Waals surface area contributed by atoms with Crippen molar-refractivity contribution in [2.45, 2.75) is 25.2 Å². The molecule has 0 fully saturated rings. The number of carbonyl (C=O) groups is 1. The van der Waals surface area contributed by atoms with Gasteiger partial charge in [-0.15, -0.1) is 5.10 Å². The number of nitrogens with zero attached hydrogens (tertiary/aromatic N) is 3. The number of hydrogen-bond donors (Lipinski definition) is 2. The quantitative estimate of drug-likeness (QED) is 0.620. The largest absolute Gasteiger partial charge is 0.388 e. The first-order valence-corrected chi connectivity index (χ1v) is 8.91. The highest BCUT2D eigenvalue weighted by atomic mass is 16.5. The molecule has 3 aromatic rings. The smallest absolute Gasteiger partial charge is 0.192 e. The van der Waals surface area contributed by atoms with Crippen LogP contribution < -0.4 is 0 Å². The maximum atomic E-state index is 12.4. The summed E-state index contributed by atoms with van der Waals surface area (Å²) in [5.74, 6) is -0.623. The molecule has 7 nitrogen and oxygen atoms in total. The number of aryl methyl sites for hydroxylation is 1. The highest BCUT2D eigenvalue weighted by molar-refractivity contribution is 5.88. The molecule has 146 valence electrons. The molecule has 0 aliphatic heterocycles. The van der Waals surface area contributed by atoms with Crippen molar-refractivity contribution in [3.8, 4) is 11.1 Å². The number of carbonyl (C=O) groups excluding carboxylic acids is 1. The second-order valence-electron chi connectivity index (χ2n) is 6.72. The van der Waals surface area contributed by atoms with Crippen molar-refractivity contribution in [3.05, 3.63) is 72.1 Å². The summed E-state index contributed by atoms with van der Waals surface area (Å²) in [5, 5.41) is 27.6. The molecule has 0 spiro atoms. The van der Waals surface area contributed by atoms with Gasteiger partial charge in [-0.1, -0.05) is 59.8 Å². The Kier molecular flexibility index (Phi) is 5.99. The van der Waals surface area contributed by atoms with Crippen LogP contribution in [0, 0.1) is 0 Å². The normalized spacial score (nSPS) is 14.4. The monoisotopic (exact) mass is 381 g/mol. The Balaban J connectivity index is 1.77. The van der Waals surface area contributed by atoms with Gasteiger partial charge in [0.2, 0.25) is 0 Å². The molecule has 1 aromatic heterocycles. The lowest BCUT2D eigenvalue weighted by atomic mass is 9.91. The fourth-order valence-electron chi connectivity index (χ4n) is 2.95. The summed E-state index contributed by atoms with van der Waals surface area (Å²) in [4.78, 5) is 12.4. The van der Waals surface area contributed by atoms with Crippen LogP contribution in [0.4, 0.5) is 0 Å². The molecule has 0 saturated carbocycles. The third kappa shape index (κ3) is 4.01. The van der Waals surface area contributed by atoms with E-state index >= 15 is 0 Å². The molecular formula is C21H23N3O4. The lowest BCUT2D eigenvalue weighted by molar-refractivity contribution is -0.166. The minimum Gasteiger partial charge on any atom is -0.388 e. The van der Waals surface area contributed by atoms with E-state index in [1.165, 1.54) is 17.8 Å².